The summed E-state index contributed by atoms with van der Waals surface area (Å²) in [4.78, 5) is 0. The molecule has 0 aliphatic rings. The van der Waals surface area contributed by atoms with Crippen molar-refractivity contribution in [3.05, 3.63) is 0 Å². The summed E-state index contributed by atoms with van der Waals surface area (Å²) in [7, 11) is 0. The van der Waals surface area contributed by atoms with Gasteiger partial charge in [-0.25, -0.2) is 0 Å². The first kappa shape index (κ1) is 14.9. The molecule has 1 unspecified atom stereocenters. The molecule has 0 aromatic rings. The van der Waals surface area contributed by atoms with Crippen LogP contribution in [0.2, 0.25) is 0 Å². The zero-order valence-electron chi connectivity index (χ0n) is 10.7. The van der Waals surface area contributed by atoms with Gasteiger partial charge in [0.1, 0.15) is 0 Å². The number of unbranched alkanes of at least 4 members (excludes halogenated alkanes) is 2. The first-order valence-corrected chi connectivity index (χ1v) is 6.35. The highest BCUT2D eigenvalue weighted by atomic mass is 14.9. The van der Waals surface area contributed by atoms with Crippen LogP contribution in [0.25, 0.3) is 0 Å². The predicted octanol–water partition coefficient (Wildman–Crippen LogP) is 1.34. The van der Waals surface area contributed by atoms with E-state index >= 15 is 0 Å². The van der Waals surface area contributed by atoms with Crippen LogP contribution in [0, 0.1) is 5.92 Å². The Balaban J connectivity index is 3.05. The lowest BCUT2D eigenvalue weighted by molar-refractivity contribution is 0.453. The average Bonchev–Trinajstić information content (AvgIpc) is 2.21. The summed E-state index contributed by atoms with van der Waals surface area (Å²) in [6.07, 6.45) is 3.85. The monoisotopic (exact) mass is 215 g/mol. The molecule has 0 amide bonds. The van der Waals surface area contributed by atoms with Crippen molar-refractivity contribution in [1.29, 1.82) is 0 Å². The lowest BCUT2D eigenvalue weighted by Gasteiger charge is -2.16. The first-order chi connectivity index (χ1) is 7.18. The predicted molar refractivity (Wildman–Crippen MR) is 68.1 cm³/mol. The van der Waals surface area contributed by atoms with Gasteiger partial charge in [-0.2, -0.15) is 0 Å². The summed E-state index contributed by atoms with van der Waals surface area (Å²) in [5.41, 5.74) is 5.92. The molecule has 0 aromatic heterocycles. The Hall–Kier alpha value is -0.120. The molecule has 92 valence electrons. The molecule has 15 heavy (non-hydrogen) atoms. The van der Waals surface area contributed by atoms with E-state index in [1.165, 1.54) is 19.3 Å². The highest BCUT2D eigenvalue weighted by Crippen LogP contribution is 1.97. The number of nitrogens with one attached hydrogen (secondary N) is 2. The van der Waals surface area contributed by atoms with E-state index in [9.17, 15) is 0 Å². The second-order valence-corrected chi connectivity index (χ2v) is 4.53. The van der Waals surface area contributed by atoms with E-state index in [1.54, 1.807) is 0 Å². The Morgan fingerprint density at radius 3 is 2.13 bits per heavy atom. The number of rotatable bonds is 10. The third kappa shape index (κ3) is 10.2. The largest absolute Gasteiger partial charge is 0.326 e. The second kappa shape index (κ2) is 10.4. The Morgan fingerprint density at radius 2 is 1.60 bits per heavy atom. The van der Waals surface area contributed by atoms with Crippen LogP contribution in [-0.4, -0.2) is 32.2 Å². The fourth-order valence-electron chi connectivity index (χ4n) is 1.36. The van der Waals surface area contributed by atoms with Crippen molar-refractivity contribution in [2.75, 3.05) is 26.2 Å². The minimum atomic E-state index is 0.298. The molecule has 0 radical (unpaired) electrons. The molecule has 1 atom stereocenters. The van der Waals surface area contributed by atoms with Crippen molar-refractivity contribution in [2.45, 2.75) is 46.1 Å². The second-order valence-electron chi connectivity index (χ2n) is 4.53. The zero-order chi connectivity index (χ0) is 11.5. The first-order valence-electron chi connectivity index (χ1n) is 6.35. The lowest BCUT2D eigenvalue weighted by Crippen LogP contribution is -2.38. The van der Waals surface area contributed by atoms with E-state index in [0.717, 1.165) is 26.2 Å². The number of nitrogens with two attached hydrogens (primary N) is 1. The van der Waals surface area contributed by atoms with Gasteiger partial charge in [-0.1, -0.05) is 27.2 Å². The molecule has 3 nitrogen and oxygen atoms in total. The van der Waals surface area contributed by atoms with Crippen molar-refractivity contribution in [1.82, 2.24) is 10.6 Å². The minimum Gasteiger partial charge on any atom is -0.326 e. The molecular weight excluding hydrogens is 186 g/mol. The average molecular weight is 215 g/mol. The smallest absolute Gasteiger partial charge is 0.0188 e. The Morgan fingerprint density at radius 1 is 1.00 bits per heavy atom. The molecule has 0 saturated carbocycles. The van der Waals surface area contributed by atoms with Crippen LogP contribution in [0.3, 0.4) is 0 Å². The maximum Gasteiger partial charge on any atom is 0.0188 e. The summed E-state index contributed by atoms with van der Waals surface area (Å²) < 4.78 is 0. The number of hydrogen-bond donors (Lipinski definition) is 3. The van der Waals surface area contributed by atoms with Gasteiger partial charge >= 0.3 is 0 Å². The van der Waals surface area contributed by atoms with Crippen LogP contribution in [0.15, 0.2) is 0 Å². The molecule has 0 spiro atoms. The van der Waals surface area contributed by atoms with Gasteiger partial charge in [-0.15, -0.1) is 0 Å². The van der Waals surface area contributed by atoms with Gasteiger partial charge in [-0.05, 0) is 38.4 Å². The Kier molecular flexibility index (Phi) is 10.3. The fourth-order valence-corrected chi connectivity index (χ4v) is 1.36. The molecule has 0 fully saturated rings. The van der Waals surface area contributed by atoms with Crippen LogP contribution in [-0.2, 0) is 0 Å². The van der Waals surface area contributed by atoms with Crippen LogP contribution >= 0.6 is 0 Å². The molecule has 0 heterocycles. The van der Waals surface area contributed by atoms with E-state index < -0.39 is 0 Å². The van der Waals surface area contributed by atoms with Crippen molar-refractivity contribution >= 4 is 0 Å². The summed E-state index contributed by atoms with van der Waals surface area (Å²) in [6.45, 7) is 10.8. The van der Waals surface area contributed by atoms with Crippen molar-refractivity contribution < 1.29 is 0 Å². The summed E-state index contributed by atoms with van der Waals surface area (Å²) in [5, 5.41) is 6.74. The fraction of sp³-hybridized carbons (Fsp3) is 1.00. The Bertz CT molecular complexity index is 126. The molecule has 0 rings (SSSR count). The van der Waals surface area contributed by atoms with Gasteiger partial charge in [0.25, 0.3) is 0 Å². The van der Waals surface area contributed by atoms with E-state index in [-0.39, 0.29) is 0 Å². The Labute approximate surface area is 95.2 Å². The van der Waals surface area contributed by atoms with Gasteiger partial charge in [0, 0.05) is 12.6 Å². The quantitative estimate of drug-likeness (QED) is 0.482. The summed E-state index contributed by atoms with van der Waals surface area (Å²) >= 11 is 0. The molecular formula is C12H29N3. The minimum absolute atomic E-state index is 0.298. The van der Waals surface area contributed by atoms with Crippen molar-refractivity contribution in [3.8, 4) is 0 Å². The molecule has 0 saturated heterocycles. The van der Waals surface area contributed by atoms with Crippen LogP contribution in [0.4, 0.5) is 0 Å². The lowest BCUT2D eigenvalue weighted by atomic mass is 10.1. The SMILES string of the molecule is CCNCCCCCNCC(N)C(C)C. The molecule has 4 N–H and O–H groups in total. The van der Waals surface area contributed by atoms with E-state index in [4.69, 9.17) is 5.73 Å². The van der Waals surface area contributed by atoms with Crippen molar-refractivity contribution in [3.63, 3.8) is 0 Å². The van der Waals surface area contributed by atoms with Crippen LogP contribution in [0.5, 0.6) is 0 Å². The highest BCUT2D eigenvalue weighted by Gasteiger charge is 2.05. The molecule has 0 aromatic carbocycles. The highest BCUT2D eigenvalue weighted by molar-refractivity contribution is 4.67. The molecule has 0 aliphatic heterocycles. The van der Waals surface area contributed by atoms with E-state index in [1.807, 2.05) is 0 Å². The molecule has 0 bridgehead atoms. The van der Waals surface area contributed by atoms with Crippen molar-refractivity contribution in [2.24, 2.45) is 11.7 Å². The maximum atomic E-state index is 5.92. The normalized spacial score (nSPS) is 13.4. The maximum absolute atomic E-state index is 5.92. The van der Waals surface area contributed by atoms with E-state index in [0.29, 0.717) is 12.0 Å². The molecule has 0 aliphatic carbocycles. The van der Waals surface area contributed by atoms with Gasteiger partial charge in [0.05, 0.1) is 0 Å². The third-order valence-corrected chi connectivity index (χ3v) is 2.69. The molecule has 3 heteroatoms. The van der Waals surface area contributed by atoms with Gasteiger partial charge in [-0.3, -0.25) is 0 Å². The zero-order valence-corrected chi connectivity index (χ0v) is 10.7. The third-order valence-electron chi connectivity index (χ3n) is 2.69. The standard InChI is InChI=1S/C12H29N3/c1-4-14-8-6-5-7-9-15-10-12(13)11(2)3/h11-12,14-15H,4-10,13H2,1-3H3. The summed E-state index contributed by atoms with van der Waals surface area (Å²) in [5.74, 6) is 0.575. The van der Waals surface area contributed by atoms with Crippen LogP contribution < -0.4 is 16.4 Å². The van der Waals surface area contributed by atoms with Crippen LogP contribution in [0.1, 0.15) is 40.0 Å². The number of hydrogen-bond acceptors (Lipinski definition) is 3. The van der Waals surface area contributed by atoms with Gasteiger partial charge < -0.3 is 16.4 Å². The van der Waals surface area contributed by atoms with Gasteiger partial charge in [0.15, 0.2) is 0 Å². The topological polar surface area (TPSA) is 50.1 Å². The van der Waals surface area contributed by atoms with E-state index in [2.05, 4.69) is 31.4 Å². The van der Waals surface area contributed by atoms with Gasteiger partial charge in [0.2, 0.25) is 0 Å². The summed E-state index contributed by atoms with van der Waals surface area (Å²) in [6, 6.07) is 0.298.